The minimum Gasteiger partial charge on any atom is -0.491 e. The first-order valence-electron chi connectivity index (χ1n) is 12.2. The molecular weight excluding hydrogens is 459 g/mol. The molecule has 0 spiro atoms. The Bertz CT molecular complexity index is 1390. The number of ketones is 1. The topological polar surface area (TPSA) is 75.1 Å². The van der Waals surface area contributed by atoms with Crippen LogP contribution in [0, 0.1) is 5.82 Å². The van der Waals surface area contributed by atoms with Crippen LogP contribution in [-0.2, 0) is 17.8 Å². The second-order valence-corrected chi connectivity index (χ2v) is 9.34. The highest BCUT2D eigenvalue weighted by molar-refractivity contribution is 5.84. The van der Waals surface area contributed by atoms with Crippen LogP contribution in [0.4, 0.5) is 14.9 Å². The molecule has 3 aliphatic rings. The number of amides is 2. The molecule has 6 rings (SSSR count). The number of aliphatic imine (C=N–C) groups is 1. The van der Waals surface area contributed by atoms with Crippen LogP contribution in [0.1, 0.15) is 35.7 Å². The van der Waals surface area contributed by atoms with Crippen LogP contribution in [0.15, 0.2) is 59.7 Å². The molecule has 0 bridgehead atoms. The Kier molecular flexibility index (Phi) is 5.71. The molecule has 7 nitrogen and oxygen atoms in total. The van der Waals surface area contributed by atoms with Gasteiger partial charge in [-0.25, -0.2) is 9.18 Å². The van der Waals surface area contributed by atoms with Crippen molar-refractivity contribution < 1.29 is 18.7 Å². The van der Waals surface area contributed by atoms with E-state index < -0.39 is 6.04 Å². The van der Waals surface area contributed by atoms with E-state index in [9.17, 15) is 14.0 Å². The molecular formula is C28H25FN4O3. The maximum absolute atomic E-state index is 13.9. The third kappa shape index (κ3) is 4.23. The molecule has 1 saturated heterocycles. The van der Waals surface area contributed by atoms with Crippen molar-refractivity contribution in [3.63, 3.8) is 0 Å². The lowest BCUT2D eigenvalue weighted by Crippen LogP contribution is -2.48. The monoisotopic (exact) mass is 484 g/mol. The summed E-state index contributed by atoms with van der Waals surface area (Å²) in [5, 5.41) is 0. The van der Waals surface area contributed by atoms with E-state index in [1.165, 1.54) is 12.1 Å². The number of pyridine rings is 1. The third-order valence-electron chi connectivity index (χ3n) is 7.01. The van der Waals surface area contributed by atoms with E-state index >= 15 is 0 Å². The van der Waals surface area contributed by atoms with Gasteiger partial charge in [-0.3, -0.25) is 14.8 Å². The van der Waals surface area contributed by atoms with Gasteiger partial charge in [0.15, 0.2) is 0 Å². The Hall–Kier alpha value is -4.07. The van der Waals surface area contributed by atoms with Crippen molar-refractivity contribution in [1.29, 1.82) is 0 Å². The van der Waals surface area contributed by atoms with Crippen LogP contribution in [0.2, 0.25) is 0 Å². The number of piperidine rings is 1. The highest BCUT2D eigenvalue weighted by Gasteiger charge is 2.35. The Morgan fingerprint density at radius 1 is 1.08 bits per heavy atom. The SMILES string of the molecule is O=C1CCN(C(=O)N2CCOc3ccc(-c4cnc5c(c4)N=CC5)cc3C2)C(c2cccc(F)c2)C1. The highest BCUT2D eigenvalue weighted by Crippen LogP contribution is 2.34. The smallest absolute Gasteiger partial charge is 0.320 e. The van der Waals surface area contributed by atoms with Crippen molar-refractivity contribution in [2.45, 2.75) is 31.8 Å². The van der Waals surface area contributed by atoms with Gasteiger partial charge in [0.05, 0.1) is 30.5 Å². The van der Waals surface area contributed by atoms with Gasteiger partial charge in [-0.05, 0) is 41.5 Å². The van der Waals surface area contributed by atoms with Gasteiger partial charge in [-0.1, -0.05) is 18.2 Å². The molecule has 1 fully saturated rings. The summed E-state index contributed by atoms with van der Waals surface area (Å²) < 4.78 is 19.9. The van der Waals surface area contributed by atoms with E-state index in [2.05, 4.69) is 9.98 Å². The number of benzene rings is 2. The van der Waals surface area contributed by atoms with Crippen LogP contribution in [0.5, 0.6) is 5.75 Å². The lowest BCUT2D eigenvalue weighted by atomic mass is 9.94. The fraction of sp³-hybridized carbons (Fsp3) is 0.286. The van der Waals surface area contributed by atoms with E-state index in [4.69, 9.17) is 4.74 Å². The number of fused-ring (bicyclic) bond motifs is 2. The summed E-state index contributed by atoms with van der Waals surface area (Å²) in [6.45, 7) is 1.46. The predicted molar refractivity (Wildman–Crippen MR) is 133 cm³/mol. The number of likely N-dealkylation sites (tertiary alicyclic amines) is 1. The Labute approximate surface area is 208 Å². The highest BCUT2D eigenvalue weighted by atomic mass is 19.1. The van der Waals surface area contributed by atoms with Crippen LogP contribution in [-0.4, -0.2) is 52.5 Å². The summed E-state index contributed by atoms with van der Waals surface area (Å²) in [7, 11) is 0. The zero-order valence-corrected chi connectivity index (χ0v) is 19.7. The van der Waals surface area contributed by atoms with Gasteiger partial charge in [0.25, 0.3) is 0 Å². The van der Waals surface area contributed by atoms with Crippen molar-refractivity contribution >= 4 is 23.7 Å². The average Bonchev–Trinajstić information content (AvgIpc) is 3.26. The van der Waals surface area contributed by atoms with Crippen molar-refractivity contribution in [2.24, 2.45) is 4.99 Å². The first kappa shape index (κ1) is 22.4. The molecule has 1 atom stereocenters. The van der Waals surface area contributed by atoms with Crippen molar-refractivity contribution in [3.8, 4) is 16.9 Å². The summed E-state index contributed by atoms with van der Waals surface area (Å²) in [6.07, 6.45) is 4.96. The van der Waals surface area contributed by atoms with Gasteiger partial charge in [0.1, 0.15) is 24.0 Å². The van der Waals surface area contributed by atoms with E-state index in [-0.39, 0.29) is 24.1 Å². The van der Waals surface area contributed by atoms with Gasteiger partial charge < -0.3 is 14.5 Å². The number of halogens is 1. The fourth-order valence-electron chi connectivity index (χ4n) is 5.13. The largest absolute Gasteiger partial charge is 0.491 e. The lowest BCUT2D eigenvalue weighted by Gasteiger charge is -2.38. The number of ether oxygens (including phenoxy) is 1. The number of rotatable bonds is 2. The molecule has 3 aliphatic heterocycles. The molecule has 0 saturated carbocycles. The minimum absolute atomic E-state index is 0.0785. The maximum Gasteiger partial charge on any atom is 0.320 e. The summed E-state index contributed by atoms with van der Waals surface area (Å²) in [5.41, 5.74) is 5.33. The predicted octanol–water partition coefficient (Wildman–Crippen LogP) is 4.87. The average molecular weight is 485 g/mol. The van der Waals surface area contributed by atoms with E-state index in [0.717, 1.165) is 40.2 Å². The zero-order chi connectivity index (χ0) is 24.6. The van der Waals surface area contributed by atoms with E-state index in [1.54, 1.807) is 21.9 Å². The molecule has 2 amide bonds. The van der Waals surface area contributed by atoms with Crippen LogP contribution in [0.3, 0.4) is 0 Å². The number of carbonyl (C=O) groups excluding carboxylic acids is 2. The fourth-order valence-corrected chi connectivity index (χ4v) is 5.13. The van der Waals surface area contributed by atoms with Crippen molar-refractivity contribution in [1.82, 2.24) is 14.8 Å². The second kappa shape index (κ2) is 9.18. The van der Waals surface area contributed by atoms with Crippen molar-refractivity contribution in [3.05, 3.63) is 77.4 Å². The first-order chi connectivity index (χ1) is 17.5. The van der Waals surface area contributed by atoms with Gasteiger partial charge >= 0.3 is 6.03 Å². The van der Waals surface area contributed by atoms with Crippen molar-refractivity contribution in [2.75, 3.05) is 19.7 Å². The Balaban J connectivity index is 1.27. The molecule has 4 heterocycles. The lowest BCUT2D eigenvalue weighted by molar-refractivity contribution is -0.122. The minimum atomic E-state index is -0.484. The number of hydrogen-bond donors (Lipinski definition) is 0. The molecule has 0 aliphatic carbocycles. The van der Waals surface area contributed by atoms with Gasteiger partial charge in [0, 0.05) is 49.3 Å². The number of carbonyl (C=O) groups is 2. The molecule has 8 heteroatoms. The maximum atomic E-state index is 13.9. The molecule has 1 unspecified atom stereocenters. The molecule has 3 aromatic rings. The Morgan fingerprint density at radius 3 is 2.89 bits per heavy atom. The molecule has 1 aromatic heterocycles. The first-order valence-corrected chi connectivity index (χ1v) is 12.2. The molecule has 2 aromatic carbocycles. The summed E-state index contributed by atoms with van der Waals surface area (Å²) >= 11 is 0. The summed E-state index contributed by atoms with van der Waals surface area (Å²) in [4.78, 5) is 38.4. The van der Waals surface area contributed by atoms with Gasteiger partial charge in [-0.2, -0.15) is 0 Å². The summed E-state index contributed by atoms with van der Waals surface area (Å²) in [6, 6.07) is 13.5. The zero-order valence-electron chi connectivity index (χ0n) is 19.7. The number of hydrogen-bond acceptors (Lipinski definition) is 5. The standard InChI is InChI=1S/C28H25FN4O3/c29-22-3-1-2-19(13-22)26-15-23(34)7-9-33(26)28(35)32-10-11-36-27-5-4-18(12-21(27)17-32)20-14-25-24(31-16-20)6-8-30-25/h1-5,8,12-14,16,26H,6-7,9-11,15,17H2. The second-order valence-electron chi connectivity index (χ2n) is 9.34. The van der Waals surface area contributed by atoms with E-state index in [0.29, 0.717) is 38.2 Å². The number of nitrogens with zero attached hydrogens (tertiary/aromatic N) is 4. The number of Topliss-reactive ketones (excluding diaryl/α,β-unsaturated/α-hetero) is 1. The molecule has 0 radical (unpaired) electrons. The van der Waals surface area contributed by atoms with Gasteiger partial charge in [0.2, 0.25) is 0 Å². The van der Waals surface area contributed by atoms with Crippen LogP contribution in [0.25, 0.3) is 11.1 Å². The van der Waals surface area contributed by atoms with Crippen LogP contribution >= 0.6 is 0 Å². The molecule has 36 heavy (non-hydrogen) atoms. The number of aromatic nitrogens is 1. The third-order valence-corrected chi connectivity index (χ3v) is 7.01. The molecule has 182 valence electrons. The quantitative estimate of drug-likeness (QED) is 0.520. The Morgan fingerprint density at radius 2 is 2.00 bits per heavy atom. The molecule has 0 N–H and O–H groups in total. The normalized spacial score (nSPS) is 18.9. The van der Waals surface area contributed by atoms with Crippen LogP contribution < -0.4 is 4.74 Å². The summed E-state index contributed by atoms with van der Waals surface area (Å²) in [5.74, 6) is 0.445. The number of urea groups is 1. The van der Waals surface area contributed by atoms with Gasteiger partial charge in [-0.15, -0.1) is 0 Å². The van der Waals surface area contributed by atoms with E-state index in [1.807, 2.05) is 36.7 Å².